The molecule has 0 aromatic rings. The van der Waals surface area contributed by atoms with Gasteiger partial charge in [-0.2, -0.15) is 0 Å². The van der Waals surface area contributed by atoms with Crippen molar-refractivity contribution in [3.05, 3.63) is 0 Å². The van der Waals surface area contributed by atoms with Crippen molar-refractivity contribution in [1.82, 2.24) is 0 Å². The van der Waals surface area contributed by atoms with Crippen LogP contribution in [-0.2, 0) is 0 Å². The highest BCUT2D eigenvalue weighted by Crippen LogP contribution is 2.14. The van der Waals surface area contributed by atoms with Crippen LogP contribution in [0.4, 0.5) is 0 Å². The zero-order chi connectivity index (χ0) is 8.08. The van der Waals surface area contributed by atoms with Crippen LogP contribution in [0.1, 0.15) is 0 Å². The first-order valence-corrected chi connectivity index (χ1v) is 5.81. The van der Waals surface area contributed by atoms with Gasteiger partial charge in [0.15, 0.2) is 0 Å². The highest BCUT2D eigenvalue weighted by Gasteiger charge is 1.88. The van der Waals surface area contributed by atoms with Crippen molar-refractivity contribution >= 4 is 7.92 Å². The molecule has 0 aliphatic rings. The average molecular weight is 150 g/mol. The monoisotopic (exact) mass is 150 g/mol. The zero-order valence-corrected chi connectivity index (χ0v) is 8.79. The van der Waals surface area contributed by atoms with Crippen molar-refractivity contribution in [2.75, 3.05) is 48.2 Å². The van der Waals surface area contributed by atoms with E-state index in [4.69, 9.17) is 0 Å². The highest BCUT2D eigenvalue weighted by molar-refractivity contribution is 7.55. The maximum atomic E-state index is 2.23. The Morgan fingerprint density at radius 1 is 0.778 bits per heavy atom. The number of rotatable bonds is 0. The molecule has 0 rings (SSSR count). The van der Waals surface area contributed by atoms with E-state index >= 15 is 0 Å². The van der Waals surface area contributed by atoms with E-state index in [1.165, 1.54) is 0 Å². The van der Waals surface area contributed by atoms with Gasteiger partial charge in [0.2, 0.25) is 0 Å². The molecule has 0 amide bonds. The fourth-order valence-electron chi connectivity index (χ4n) is 0. The molecule has 0 aliphatic carbocycles. The maximum Gasteiger partial charge on any atom is 0.0675 e. The summed E-state index contributed by atoms with van der Waals surface area (Å²) in [5.74, 6) is 0. The molecule has 0 radical (unpaired) electrons. The molecular weight excluding hydrogens is 129 g/mol. The molecule has 0 unspecified atom stereocenters. The predicted molar refractivity (Wildman–Crippen MR) is 48.6 cm³/mol. The van der Waals surface area contributed by atoms with Gasteiger partial charge in [0.1, 0.15) is 0 Å². The zero-order valence-electron chi connectivity index (χ0n) is 7.89. The van der Waals surface area contributed by atoms with E-state index in [1.807, 2.05) is 0 Å². The van der Waals surface area contributed by atoms with Crippen LogP contribution >= 0.6 is 7.92 Å². The van der Waals surface area contributed by atoms with Gasteiger partial charge in [-0.1, -0.05) is 0 Å². The molecule has 1 nitrogen and oxygen atoms in total. The average Bonchev–Trinajstić information content (AvgIpc) is 1.19. The van der Waals surface area contributed by atoms with Crippen molar-refractivity contribution < 1.29 is 4.48 Å². The van der Waals surface area contributed by atoms with Gasteiger partial charge in [0.25, 0.3) is 0 Å². The first kappa shape index (κ1) is 12.1. The second kappa shape index (κ2) is 5.20. The number of hydrogen-bond acceptors (Lipinski definition) is 0. The summed E-state index contributed by atoms with van der Waals surface area (Å²) in [7, 11) is 8.88. The van der Waals surface area contributed by atoms with Gasteiger partial charge in [0, 0.05) is 0 Å². The fraction of sp³-hybridized carbons (Fsp3) is 1.00. The molecule has 0 bridgehead atoms. The Kier molecular flexibility index (Phi) is 6.99. The van der Waals surface area contributed by atoms with E-state index in [2.05, 4.69) is 48.2 Å². The number of quaternary nitrogens is 1. The van der Waals surface area contributed by atoms with Crippen LogP contribution in [0.15, 0.2) is 0 Å². The van der Waals surface area contributed by atoms with Gasteiger partial charge in [-0.3, -0.25) is 0 Å². The van der Waals surface area contributed by atoms with Crippen LogP contribution in [-0.4, -0.2) is 52.7 Å². The van der Waals surface area contributed by atoms with Crippen LogP contribution < -0.4 is 0 Å². The third-order valence-corrected chi connectivity index (χ3v) is 0. The third kappa shape index (κ3) is 2250. The molecule has 0 saturated heterocycles. The van der Waals surface area contributed by atoms with E-state index in [0.29, 0.717) is 7.92 Å². The quantitative estimate of drug-likeness (QED) is 0.364. The number of hydrogen-bond donors (Lipinski definition) is 0. The molecule has 0 N–H and O–H groups in total. The molecule has 0 aromatic heterocycles. The topological polar surface area (TPSA) is 0 Å². The predicted octanol–water partition coefficient (Wildman–Crippen LogP) is 1.68. The summed E-state index contributed by atoms with van der Waals surface area (Å²) >= 11 is 0. The summed E-state index contributed by atoms with van der Waals surface area (Å²) in [4.78, 5) is 0. The Bertz CT molecular complexity index is 45.7. The highest BCUT2D eigenvalue weighted by atomic mass is 31.1. The van der Waals surface area contributed by atoms with Crippen LogP contribution in [0, 0.1) is 0 Å². The lowest BCUT2D eigenvalue weighted by Gasteiger charge is -2.14. The van der Waals surface area contributed by atoms with Gasteiger partial charge in [-0.05, 0) is 20.0 Å². The SMILES string of the molecule is CP(C)C.C[N+](C)(C)C. The second-order valence-corrected chi connectivity index (χ2v) is 6.71. The Morgan fingerprint density at radius 3 is 0.778 bits per heavy atom. The van der Waals surface area contributed by atoms with Gasteiger partial charge < -0.3 is 4.48 Å². The lowest BCUT2D eigenvalue weighted by Crippen LogP contribution is -2.27. The molecule has 0 atom stereocenters. The molecule has 0 aromatic carbocycles. The summed E-state index contributed by atoms with van der Waals surface area (Å²) in [6, 6.07) is 0. The molecule has 0 spiro atoms. The van der Waals surface area contributed by atoms with Crippen molar-refractivity contribution in [1.29, 1.82) is 0 Å². The minimum absolute atomic E-state index is 0.380. The molecule has 2 heteroatoms. The van der Waals surface area contributed by atoms with Gasteiger partial charge in [-0.25, -0.2) is 0 Å². The third-order valence-electron chi connectivity index (χ3n) is 0. The smallest absolute Gasteiger partial charge is 0.0675 e. The van der Waals surface area contributed by atoms with E-state index in [1.54, 1.807) is 0 Å². The van der Waals surface area contributed by atoms with Crippen LogP contribution in [0.2, 0.25) is 0 Å². The maximum absolute atomic E-state index is 2.23. The largest absolute Gasteiger partial charge is 0.333 e. The van der Waals surface area contributed by atoms with Crippen molar-refractivity contribution in [2.45, 2.75) is 0 Å². The minimum atomic E-state index is 0.380. The fourth-order valence-corrected chi connectivity index (χ4v) is 0. The van der Waals surface area contributed by atoms with Crippen LogP contribution in [0.5, 0.6) is 0 Å². The summed E-state index contributed by atoms with van der Waals surface area (Å²) in [6.45, 7) is 6.69. The Hall–Kier alpha value is 0.390. The lowest BCUT2D eigenvalue weighted by molar-refractivity contribution is -0.849. The molecule has 0 saturated carbocycles. The molecule has 0 fully saturated rings. The Labute approximate surface area is 61.4 Å². The Morgan fingerprint density at radius 2 is 0.778 bits per heavy atom. The Balaban J connectivity index is 0. The summed E-state index contributed by atoms with van der Waals surface area (Å²) < 4.78 is 1.00. The summed E-state index contributed by atoms with van der Waals surface area (Å²) in [6.07, 6.45) is 0. The van der Waals surface area contributed by atoms with E-state index in [9.17, 15) is 0 Å². The summed E-state index contributed by atoms with van der Waals surface area (Å²) in [5.41, 5.74) is 0. The van der Waals surface area contributed by atoms with Crippen molar-refractivity contribution in [3.63, 3.8) is 0 Å². The normalized spacial score (nSPS) is 10.7. The van der Waals surface area contributed by atoms with E-state index in [0.717, 1.165) is 4.48 Å². The van der Waals surface area contributed by atoms with E-state index in [-0.39, 0.29) is 0 Å². The molecule has 58 valence electrons. The van der Waals surface area contributed by atoms with Crippen LogP contribution in [0.25, 0.3) is 0 Å². The van der Waals surface area contributed by atoms with Crippen molar-refractivity contribution in [3.8, 4) is 0 Å². The summed E-state index contributed by atoms with van der Waals surface area (Å²) in [5, 5.41) is 0. The first-order chi connectivity index (χ1) is 3.73. The van der Waals surface area contributed by atoms with Gasteiger partial charge in [0.05, 0.1) is 28.2 Å². The van der Waals surface area contributed by atoms with Gasteiger partial charge in [-0.15, -0.1) is 7.92 Å². The molecule has 0 aliphatic heterocycles. The first-order valence-electron chi connectivity index (χ1n) is 3.13. The standard InChI is InChI=1S/C4H12N.C3H9P/c1-5(2,3)4;1-4(2)3/h1-4H3;1-3H3/q+1;. The van der Waals surface area contributed by atoms with Crippen LogP contribution in [0.3, 0.4) is 0 Å². The molecule has 0 heterocycles. The van der Waals surface area contributed by atoms with Gasteiger partial charge >= 0.3 is 0 Å². The second-order valence-electron chi connectivity index (χ2n) is 4.02. The molecule has 9 heavy (non-hydrogen) atoms. The van der Waals surface area contributed by atoms with Crippen molar-refractivity contribution in [2.24, 2.45) is 0 Å². The minimum Gasteiger partial charge on any atom is -0.333 e. The lowest BCUT2D eigenvalue weighted by atomic mass is 10.8. The van der Waals surface area contributed by atoms with E-state index < -0.39 is 0 Å². The molecular formula is C7H21NP+. The number of nitrogens with zero attached hydrogens (tertiary/aromatic N) is 1.